The standard InChI is InChI=1S/C42H38Cl2F4N6O5/c1-41-15-23(45)18-53(20-41)37-28-17-49-35(34(48)36(28)50-39(51-37)58-21-42-10-4-11-54(42)19-24(46)16-42)27-14-25(59-38(55)33-29(43)6-2-7-30(33)44)13-22-8-9-31(47)26(32(22)27)5-3-12-57-40(56)52-41/h2,6-9,13-14,17,23-24H,3-5,10-12,15-16,18-21H2,1H3,(H,52,56)/t23-,24-,41-,42+/m1/s1. The van der Waals surface area contributed by atoms with Crippen LogP contribution in [0, 0.1) is 11.6 Å². The van der Waals surface area contributed by atoms with Crippen molar-refractivity contribution in [2.45, 2.75) is 68.9 Å². The highest BCUT2D eigenvalue weighted by atomic mass is 35.5. The normalized spacial score (nSPS) is 24.6. The largest absolute Gasteiger partial charge is 0.461 e. The summed E-state index contributed by atoms with van der Waals surface area (Å²) in [5.41, 5.74) is -2.09. The zero-order valence-electron chi connectivity index (χ0n) is 31.8. The van der Waals surface area contributed by atoms with Gasteiger partial charge in [0.25, 0.3) is 0 Å². The molecule has 17 heteroatoms. The summed E-state index contributed by atoms with van der Waals surface area (Å²) < 4.78 is 81.4. The number of anilines is 1. The van der Waals surface area contributed by atoms with E-state index >= 15 is 13.2 Å². The summed E-state index contributed by atoms with van der Waals surface area (Å²) in [6, 6.07) is 9.89. The molecule has 3 saturated heterocycles. The summed E-state index contributed by atoms with van der Waals surface area (Å²) in [7, 11) is 0. The van der Waals surface area contributed by atoms with Gasteiger partial charge in [0.05, 0.1) is 45.2 Å². The van der Waals surface area contributed by atoms with Crippen molar-refractivity contribution in [2.24, 2.45) is 0 Å². The SMILES string of the molecule is C[C@@]12C[C@@H](F)CN(C1)c1nc(OC[C@@]34CCCN3C[C@H](F)C4)nc3c(F)c(ncc13)-c1cc(OC(=O)c3c(Cl)cccc3Cl)cc3ccc(F)c(c13)CCCOC(=O)N2. The number of fused-ring (bicyclic) bond motifs is 7. The fourth-order valence-electron chi connectivity index (χ4n) is 9.28. The summed E-state index contributed by atoms with van der Waals surface area (Å²) in [5.74, 6) is -2.38. The van der Waals surface area contributed by atoms with E-state index in [1.54, 1.807) is 17.9 Å². The second kappa shape index (κ2) is 15.2. The molecule has 5 aliphatic heterocycles. The monoisotopic (exact) mass is 852 g/mol. The first-order chi connectivity index (χ1) is 28.3. The van der Waals surface area contributed by atoms with E-state index in [1.165, 1.54) is 42.6 Å². The summed E-state index contributed by atoms with van der Waals surface area (Å²) >= 11 is 12.6. The van der Waals surface area contributed by atoms with Gasteiger partial charge in [-0.15, -0.1) is 0 Å². The minimum Gasteiger partial charge on any atom is -0.461 e. The Hall–Kier alpha value is -4.99. The first-order valence-electron chi connectivity index (χ1n) is 19.4. The zero-order valence-corrected chi connectivity index (χ0v) is 33.3. The minimum absolute atomic E-state index is 0.0326. The van der Waals surface area contributed by atoms with Crippen LogP contribution in [0.4, 0.5) is 28.2 Å². The van der Waals surface area contributed by atoms with Gasteiger partial charge in [0.1, 0.15) is 47.5 Å². The number of esters is 1. The number of carbonyl (C=O) groups excluding carboxylic acids is 2. The number of alkyl carbamates (subject to hydrolysis) is 1. The maximum Gasteiger partial charge on any atom is 0.407 e. The quantitative estimate of drug-likeness (QED) is 0.105. The Balaban J connectivity index is 1.23. The maximum atomic E-state index is 17.5. The highest BCUT2D eigenvalue weighted by molar-refractivity contribution is 6.39. The van der Waals surface area contributed by atoms with E-state index in [9.17, 15) is 14.0 Å². The molecule has 3 aromatic carbocycles. The van der Waals surface area contributed by atoms with Crippen molar-refractivity contribution in [3.8, 4) is 23.0 Å². The highest BCUT2D eigenvalue weighted by Gasteiger charge is 2.49. The van der Waals surface area contributed by atoms with Gasteiger partial charge in [-0.2, -0.15) is 9.97 Å². The molecule has 0 radical (unpaired) electrons. The molecule has 308 valence electrons. The van der Waals surface area contributed by atoms with Crippen molar-refractivity contribution in [2.75, 3.05) is 44.3 Å². The van der Waals surface area contributed by atoms with Gasteiger partial charge in [-0.1, -0.05) is 35.3 Å². The third-order valence-corrected chi connectivity index (χ3v) is 12.4. The Morgan fingerprint density at radius 3 is 2.66 bits per heavy atom. The molecule has 2 aromatic heterocycles. The van der Waals surface area contributed by atoms with Crippen LogP contribution in [-0.4, -0.2) is 94.7 Å². The van der Waals surface area contributed by atoms with Crippen LogP contribution in [0.25, 0.3) is 32.9 Å². The number of piperidine rings is 1. The van der Waals surface area contributed by atoms with E-state index in [-0.39, 0.29) is 125 Å². The lowest BCUT2D eigenvalue weighted by Gasteiger charge is -2.42. The van der Waals surface area contributed by atoms with Crippen LogP contribution < -0.4 is 19.7 Å². The van der Waals surface area contributed by atoms with Gasteiger partial charge in [0.2, 0.25) is 0 Å². The van der Waals surface area contributed by atoms with Gasteiger partial charge >= 0.3 is 18.1 Å². The number of pyridine rings is 1. The fourth-order valence-corrected chi connectivity index (χ4v) is 9.83. The molecule has 0 aliphatic carbocycles. The van der Waals surface area contributed by atoms with E-state index in [0.29, 0.717) is 18.4 Å². The second-order valence-corrected chi connectivity index (χ2v) is 16.9. The van der Waals surface area contributed by atoms with Crippen LogP contribution in [0.5, 0.6) is 11.8 Å². The number of ether oxygens (including phenoxy) is 3. The van der Waals surface area contributed by atoms with Crippen LogP contribution in [0.2, 0.25) is 10.0 Å². The second-order valence-electron chi connectivity index (χ2n) is 16.1. The number of nitrogens with one attached hydrogen (secondary N) is 1. The topological polar surface area (TPSA) is 119 Å². The number of carbonyl (C=O) groups is 2. The summed E-state index contributed by atoms with van der Waals surface area (Å²) in [5, 5.41) is 3.65. The van der Waals surface area contributed by atoms with E-state index < -0.39 is 47.1 Å². The summed E-state index contributed by atoms with van der Waals surface area (Å²) in [6.07, 6.45) is 0.0988. The molecule has 1 amide bonds. The Labute approximate surface area is 345 Å². The number of amides is 1. The average molecular weight is 854 g/mol. The van der Waals surface area contributed by atoms with E-state index in [4.69, 9.17) is 37.4 Å². The first kappa shape index (κ1) is 39.5. The van der Waals surface area contributed by atoms with Crippen LogP contribution in [0.3, 0.4) is 0 Å². The number of aromatic nitrogens is 3. The summed E-state index contributed by atoms with van der Waals surface area (Å²) in [6.45, 7) is 2.50. The van der Waals surface area contributed by atoms with Gasteiger partial charge < -0.3 is 24.4 Å². The lowest BCUT2D eigenvalue weighted by Crippen LogP contribution is -2.60. The van der Waals surface area contributed by atoms with Crippen LogP contribution in [0.15, 0.2) is 48.7 Å². The van der Waals surface area contributed by atoms with Gasteiger partial charge in [-0.3, -0.25) is 9.88 Å². The predicted octanol–water partition coefficient (Wildman–Crippen LogP) is 8.58. The van der Waals surface area contributed by atoms with E-state index in [1.807, 2.05) is 0 Å². The molecule has 11 nitrogen and oxygen atoms in total. The smallest absolute Gasteiger partial charge is 0.407 e. The van der Waals surface area contributed by atoms with Gasteiger partial charge in [0.15, 0.2) is 5.82 Å². The molecule has 0 spiro atoms. The molecular formula is C42H38Cl2F4N6O5. The maximum absolute atomic E-state index is 17.5. The Bertz CT molecular complexity index is 2520. The number of rotatable bonds is 5. The lowest BCUT2D eigenvalue weighted by molar-refractivity contribution is 0.0735. The number of nitrogens with zero attached hydrogens (tertiary/aromatic N) is 5. The number of hydrogen-bond donors (Lipinski definition) is 1. The average Bonchev–Trinajstić information content (AvgIpc) is 3.71. The van der Waals surface area contributed by atoms with Crippen molar-refractivity contribution in [3.05, 3.63) is 81.5 Å². The number of hydrogen-bond acceptors (Lipinski definition) is 10. The molecule has 5 aromatic rings. The first-order valence-corrected chi connectivity index (χ1v) is 20.2. The van der Waals surface area contributed by atoms with Crippen LogP contribution >= 0.6 is 23.2 Å². The summed E-state index contributed by atoms with van der Waals surface area (Å²) in [4.78, 5) is 44.1. The Morgan fingerprint density at radius 2 is 1.85 bits per heavy atom. The molecule has 5 aliphatic rings. The predicted molar refractivity (Wildman–Crippen MR) is 213 cm³/mol. The lowest BCUT2D eigenvalue weighted by atomic mass is 9.90. The molecule has 1 N–H and O–H groups in total. The fraction of sp³-hybridized carbons (Fsp3) is 0.405. The van der Waals surface area contributed by atoms with Crippen molar-refractivity contribution < 1.29 is 41.4 Å². The molecule has 59 heavy (non-hydrogen) atoms. The van der Waals surface area contributed by atoms with Crippen molar-refractivity contribution in [3.63, 3.8) is 0 Å². The molecule has 6 bridgehead atoms. The molecule has 0 unspecified atom stereocenters. The van der Waals surface area contributed by atoms with Gasteiger partial charge in [-0.05, 0) is 85.8 Å². The molecular weight excluding hydrogens is 815 g/mol. The van der Waals surface area contributed by atoms with Crippen LogP contribution in [-0.2, 0) is 11.2 Å². The number of aryl methyl sites for hydroxylation is 1. The Morgan fingerprint density at radius 1 is 1.05 bits per heavy atom. The number of alkyl halides is 2. The number of benzene rings is 3. The van der Waals surface area contributed by atoms with E-state index in [2.05, 4.69) is 25.2 Å². The van der Waals surface area contributed by atoms with Crippen LogP contribution in [0.1, 0.15) is 54.9 Å². The zero-order chi connectivity index (χ0) is 41.2. The molecule has 7 heterocycles. The number of halogens is 6. The van der Waals surface area contributed by atoms with Crippen molar-refractivity contribution >= 4 is 62.8 Å². The molecule has 4 atom stereocenters. The molecule has 10 rings (SSSR count). The Kier molecular flexibility index (Phi) is 10.2. The van der Waals surface area contributed by atoms with Gasteiger partial charge in [-0.25, -0.2) is 27.2 Å². The molecule has 0 saturated carbocycles. The van der Waals surface area contributed by atoms with Crippen molar-refractivity contribution in [1.82, 2.24) is 25.2 Å². The minimum atomic E-state index is -1.44. The third-order valence-electron chi connectivity index (χ3n) is 11.8. The highest BCUT2D eigenvalue weighted by Crippen LogP contribution is 2.43. The van der Waals surface area contributed by atoms with E-state index in [0.717, 1.165) is 6.42 Å². The van der Waals surface area contributed by atoms with Crippen molar-refractivity contribution in [1.29, 1.82) is 0 Å². The third kappa shape index (κ3) is 7.35. The molecule has 3 fully saturated rings. The van der Waals surface area contributed by atoms with Gasteiger partial charge in [0, 0.05) is 37.7 Å².